The van der Waals surface area contributed by atoms with Crippen LogP contribution in [0.15, 0.2) is 0 Å². The zero-order valence-corrected chi connectivity index (χ0v) is 13.9. The number of carboxylic acids is 1. The predicted octanol–water partition coefficient (Wildman–Crippen LogP) is 3.24. The number of aromatic nitrogens is 2. The van der Waals surface area contributed by atoms with E-state index in [1.54, 1.807) is 0 Å². The molecule has 7 heteroatoms. The highest BCUT2D eigenvalue weighted by Gasteiger charge is 2.44. The number of anilines is 1. The second kappa shape index (κ2) is 7.17. The van der Waals surface area contributed by atoms with Gasteiger partial charge in [-0.15, -0.1) is 10.2 Å². The average molecular weight is 325 g/mol. The predicted molar refractivity (Wildman–Crippen MR) is 84.8 cm³/mol. The van der Waals surface area contributed by atoms with Gasteiger partial charge in [0, 0.05) is 0 Å². The van der Waals surface area contributed by atoms with Crippen LogP contribution >= 0.6 is 11.3 Å². The Morgan fingerprint density at radius 2 is 2.05 bits per heavy atom. The Hall–Kier alpha value is -1.50. The summed E-state index contributed by atoms with van der Waals surface area (Å²) in [5.41, 5.74) is -0.572. The molecule has 2 N–H and O–H groups in total. The largest absolute Gasteiger partial charge is 0.481 e. The average Bonchev–Trinajstić information content (AvgIpc) is 3.08. The fraction of sp³-hybridized carbons (Fsp3) is 0.733. The maximum absolute atomic E-state index is 12.7. The van der Waals surface area contributed by atoms with Crippen LogP contribution in [0.5, 0.6) is 0 Å². The lowest BCUT2D eigenvalue weighted by molar-refractivity contribution is -0.144. The zero-order chi connectivity index (χ0) is 16.2. The molecule has 0 aliphatic heterocycles. The van der Waals surface area contributed by atoms with E-state index in [-0.39, 0.29) is 5.91 Å². The van der Waals surface area contributed by atoms with Crippen LogP contribution in [0.2, 0.25) is 0 Å². The summed E-state index contributed by atoms with van der Waals surface area (Å²) in [6.07, 6.45) is 5.29. The van der Waals surface area contributed by atoms with Gasteiger partial charge in [0.15, 0.2) is 0 Å². The number of rotatable bonds is 7. The van der Waals surface area contributed by atoms with E-state index in [2.05, 4.69) is 15.5 Å². The van der Waals surface area contributed by atoms with E-state index < -0.39 is 17.3 Å². The molecule has 2 rings (SSSR count). The molecule has 1 fully saturated rings. The highest BCUT2D eigenvalue weighted by atomic mass is 32.1. The molecule has 1 unspecified atom stereocenters. The number of aliphatic carboxylic acids is 1. The summed E-state index contributed by atoms with van der Waals surface area (Å²) in [7, 11) is 0. The molecule has 22 heavy (non-hydrogen) atoms. The Balaban J connectivity index is 2.12. The number of carbonyl (C=O) groups is 2. The van der Waals surface area contributed by atoms with Crippen LogP contribution in [0.1, 0.15) is 56.9 Å². The molecule has 1 atom stereocenters. The third kappa shape index (κ3) is 3.82. The molecule has 1 aliphatic carbocycles. The molecule has 0 bridgehead atoms. The van der Waals surface area contributed by atoms with Crippen molar-refractivity contribution in [2.45, 2.75) is 58.8 Å². The summed E-state index contributed by atoms with van der Waals surface area (Å²) in [6.45, 7) is 3.81. The summed E-state index contributed by atoms with van der Waals surface area (Å²) < 4.78 is 0. The van der Waals surface area contributed by atoms with Crippen LogP contribution in [0.4, 0.5) is 5.13 Å². The van der Waals surface area contributed by atoms with Gasteiger partial charge in [-0.05, 0) is 32.6 Å². The van der Waals surface area contributed by atoms with Crippen molar-refractivity contribution < 1.29 is 14.7 Å². The van der Waals surface area contributed by atoms with Crippen molar-refractivity contribution >= 4 is 28.3 Å². The van der Waals surface area contributed by atoms with E-state index in [9.17, 15) is 14.7 Å². The number of hydrogen-bond donors (Lipinski definition) is 2. The van der Waals surface area contributed by atoms with E-state index in [4.69, 9.17) is 0 Å². The second-order valence-electron chi connectivity index (χ2n) is 6.10. The van der Waals surface area contributed by atoms with Crippen LogP contribution in [-0.4, -0.2) is 27.2 Å². The van der Waals surface area contributed by atoms with Gasteiger partial charge in [-0.3, -0.25) is 9.59 Å². The SMILES string of the molecule is CCCC(CC1(C(=O)Nc2nnc(C)s2)CCCC1)C(=O)O. The Bertz CT molecular complexity index is 538. The zero-order valence-electron chi connectivity index (χ0n) is 13.1. The summed E-state index contributed by atoms with van der Waals surface area (Å²) in [5.74, 6) is -1.35. The van der Waals surface area contributed by atoms with Crippen molar-refractivity contribution in [3.8, 4) is 0 Å². The number of hydrogen-bond acceptors (Lipinski definition) is 5. The molecule has 0 saturated heterocycles. The monoisotopic (exact) mass is 325 g/mol. The fourth-order valence-electron chi connectivity index (χ4n) is 3.29. The van der Waals surface area contributed by atoms with Crippen LogP contribution < -0.4 is 5.32 Å². The van der Waals surface area contributed by atoms with Gasteiger partial charge in [-0.2, -0.15) is 0 Å². The Labute approximate surface area is 134 Å². The molecule has 1 aliphatic rings. The van der Waals surface area contributed by atoms with Gasteiger partial charge in [0.2, 0.25) is 11.0 Å². The van der Waals surface area contributed by atoms with Gasteiger partial charge >= 0.3 is 5.97 Å². The van der Waals surface area contributed by atoms with Crippen LogP contribution in [0.25, 0.3) is 0 Å². The van der Waals surface area contributed by atoms with Crippen LogP contribution in [-0.2, 0) is 9.59 Å². The fourth-order valence-corrected chi connectivity index (χ4v) is 3.87. The molecular weight excluding hydrogens is 302 g/mol. The number of aryl methyl sites for hydroxylation is 1. The quantitative estimate of drug-likeness (QED) is 0.803. The third-order valence-electron chi connectivity index (χ3n) is 4.41. The maximum atomic E-state index is 12.7. The molecule has 1 saturated carbocycles. The van der Waals surface area contributed by atoms with Gasteiger partial charge in [0.25, 0.3) is 0 Å². The highest BCUT2D eigenvalue weighted by molar-refractivity contribution is 7.15. The first kappa shape index (κ1) is 16.9. The molecule has 6 nitrogen and oxygen atoms in total. The van der Waals surface area contributed by atoms with Gasteiger partial charge in [0.1, 0.15) is 5.01 Å². The number of carbonyl (C=O) groups excluding carboxylic acids is 1. The minimum Gasteiger partial charge on any atom is -0.481 e. The summed E-state index contributed by atoms with van der Waals surface area (Å²) in [5, 5.41) is 21.4. The smallest absolute Gasteiger partial charge is 0.306 e. The standard InChI is InChI=1S/C15H23N3O3S/c1-3-6-11(12(19)20)9-15(7-4-5-8-15)13(21)16-14-18-17-10(2)22-14/h11H,3-9H2,1-2H3,(H,19,20)(H,16,18,21). The number of nitrogens with one attached hydrogen (secondary N) is 1. The maximum Gasteiger partial charge on any atom is 0.306 e. The van der Waals surface area contributed by atoms with Crippen molar-refractivity contribution in [1.82, 2.24) is 10.2 Å². The van der Waals surface area contributed by atoms with Crippen molar-refractivity contribution in [3.63, 3.8) is 0 Å². The third-order valence-corrected chi connectivity index (χ3v) is 5.17. The lowest BCUT2D eigenvalue weighted by Crippen LogP contribution is -2.37. The first-order valence-corrected chi connectivity index (χ1v) is 8.63. The van der Waals surface area contributed by atoms with Crippen LogP contribution in [0.3, 0.4) is 0 Å². The van der Waals surface area contributed by atoms with Gasteiger partial charge in [0.05, 0.1) is 11.3 Å². The molecule has 122 valence electrons. The summed E-state index contributed by atoms with van der Waals surface area (Å²) in [6, 6.07) is 0. The normalized spacial score (nSPS) is 18.1. The van der Waals surface area contributed by atoms with Crippen LogP contribution in [0, 0.1) is 18.3 Å². The molecule has 1 amide bonds. The Morgan fingerprint density at radius 3 is 2.55 bits per heavy atom. The number of amides is 1. The van der Waals surface area contributed by atoms with Crippen molar-refractivity contribution in [2.75, 3.05) is 5.32 Å². The molecule has 0 aromatic carbocycles. The first-order valence-electron chi connectivity index (χ1n) is 7.81. The minimum atomic E-state index is -0.798. The second-order valence-corrected chi connectivity index (χ2v) is 7.28. The molecule has 1 aromatic heterocycles. The molecule has 1 aromatic rings. The number of carboxylic acid groups (broad SMARTS) is 1. The molecule has 0 spiro atoms. The minimum absolute atomic E-state index is 0.0940. The molecule has 0 radical (unpaired) electrons. The van der Waals surface area contributed by atoms with Gasteiger partial charge in [-0.25, -0.2) is 0 Å². The van der Waals surface area contributed by atoms with Gasteiger partial charge < -0.3 is 10.4 Å². The van der Waals surface area contributed by atoms with E-state index in [0.717, 1.165) is 37.1 Å². The van der Waals surface area contributed by atoms with E-state index in [1.165, 1.54) is 11.3 Å². The Kier molecular flexibility index (Phi) is 5.50. The first-order chi connectivity index (χ1) is 10.5. The molecule has 1 heterocycles. The van der Waals surface area contributed by atoms with E-state index in [0.29, 0.717) is 18.0 Å². The van der Waals surface area contributed by atoms with Crippen molar-refractivity contribution in [2.24, 2.45) is 11.3 Å². The number of nitrogens with zero attached hydrogens (tertiary/aromatic N) is 2. The lowest BCUT2D eigenvalue weighted by atomic mass is 9.75. The molecular formula is C15H23N3O3S. The Morgan fingerprint density at radius 1 is 1.36 bits per heavy atom. The highest BCUT2D eigenvalue weighted by Crippen LogP contribution is 2.45. The van der Waals surface area contributed by atoms with Crippen molar-refractivity contribution in [1.29, 1.82) is 0 Å². The van der Waals surface area contributed by atoms with Crippen molar-refractivity contribution in [3.05, 3.63) is 5.01 Å². The summed E-state index contributed by atoms with van der Waals surface area (Å²) >= 11 is 1.34. The van der Waals surface area contributed by atoms with Gasteiger partial charge in [-0.1, -0.05) is 37.5 Å². The van der Waals surface area contributed by atoms with E-state index in [1.807, 2.05) is 13.8 Å². The lowest BCUT2D eigenvalue weighted by Gasteiger charge is -2.29. The topological polar surface area (TPSA) is 92.2 Å². The summed E-state index contributed by atoms with van der Waals surface area (Å²) in [4.78, 5) is 24.2. The van der Waals surface area contributed by atoms with E-state index >= 15 is 0 Å².